The molecule has 0 radical (unpaired) electrons. The molecular weight excluding hydrogens is 346 g/mol. The molecule has 2 amide bonds. The highest BCUT2D eigenvalue weighted by atomic mass is 16.5. The molecule has 1 aromatic heterocycles. The van der Waals surface area contributed by atoms with Gasteiger partial charge in [-0.1, -0.05) is 23.4 Å². The number of hydrogen-bond acceptors (Lipinski definition) is 6. The Morgan fingerprint density at radius 3 is 2.33 bits per heavy atom. The van der Waals surface area contributed by atoms with Gasteiger partial charge in [0.25, 0.3) is 0 Å². The number of anilines is 2. The molecule has 144 valence electrons. The Morgan fingerprint density at radius 1 is 1.11 bits per heavy atom. The average Bonchev–Trinajstić information content (AvgIpc) is 3.08. The van der Waals surface area contributed by atoms with E-state index in [4.69, 9.17) is 4.52 Å². The molecule has 0 saturated carbocycles. The zero-order valence-corrected chi connectivity index (χ0v) is 15.7. The number of benzene rings is 1. The van der Waals surface area contributed by atoms with Crippen LogP contribution in [0.3, 0.4) is 0 Å². The number of hydrogen-bond donors (Lipinski definition) is 1. The van der Waals surface area contributed by atoms with E-state index >= 15 is 0 Å². The Morgan fingerprint density at radius 2 is 1.74 bits per heavy atom. The molecule has 0 unspecified atom stereocenters. The Hall–Kier alpha value is -2.71. The molecule has 27 heavy (non-hydrogen) atoms. The third-order valence-corrected chi connectivity index (χ3v) is 4.60. The molecule has 2 aromatic rings. The van der Waals surface area contributed by atoms with Gasteiger partial charge in [0, 0.05) is 45.0 Å². The van der Waals surface area contributed by atoms with Gasteiger partial charge in [0.05, 0.1) is 13.1 Å². The first-order valence-corrected chi connectivity index (χ1v) is 9.01. The van der Waals surface area contributed by atoms with Crippen molar-refractivity contribution in [2.45, 2.75) is 6.92 Å². The van der Waals surface area contributed by atoms with Gasteiger partial charge in [-0.25, -0.2) is 0 Å². The molecule has 1 aliphatic rings. The highest BCUT2D eigenvalue weighted by molar-refractivity contribution is 5.94. The van der Waals surface area contributed by atoms with E-state index < -0.39 is 0 Å². The number of likely N-dealkylation sites (N-methyl/N-ethyl adjacent to an activating group) is 1. The fourth-order valence-corrected chi connectivity index (χ4v) is 3.01. The second-order valence-corrected chi connectivity index (χ2v) is 6.71. The Balaban J connectivity index is 1.41. The fraction of sp³-hybridized carbons (Fsp3) is 0.421. The van der Waals surface area contributed by atoms with Gasteiger partial charge >= 0.3 is 0 Å². The summed E-state index contributed by atoms with van der Waals surface area (Å²) in [6.45, 7) is 5.45. The number of piperazine rings is 1. The van der Waals surface area contributed by atoms with E-state index in [1.165, 1.54) is 0 Å². The maximum Gasteiger partial charge on any atom is 0.240 e. The number of aromatic nitrogens is 1. The zero-order chi connectivity index (χ0) is 19.2. The van der Waals surface area contributed by atoms with Gasteiger partial charge in [0.15, 0.2) is 5.82 Å². The van der Waals surface area contributed by atoms with Crippen LogP contribution in [0.5, 0.6) is 0 Å². The molecule has 1 fully saturated rings. The molecule has 0 bridgehead atoms. The molecule has 0 spiro atoms. The van der Waals surface area contributed by atoms with Crippen molar-refractivity contribution in [3.63, 3.8) is 0 Å². The second kappa shape index (κ2) is 8.79. The summed E-state index contributed by atoms with van der Waals surface area (Å²) in [7, 11) is 1.80. The zero-order valence-electron chi connectivity index (χ0n) is 15.7. The van der Waals surface area contributed by atoms with Crippen molar-refractivity contribution in [3.8, 4) is 0 Å². The van der Waals surface area contributed by atoms with Gasteiger partial charge in [0.2, 0.25) is 11.8 Å². The Labute approximate surface area is 158 Å². The lowest BCUT2D eigenvalue weighted by Gasteiger charge is -2.34. The molecule has 8 heteroatoms. The molecule has 2 heterocycles. The molecule has 8 nitrogen and oxygen atoms in total. The number of rotatable bonds is 6. The number of carbonyl (C=O) groups excluding carboxylic acids is 2. The van der Waals surface area contributed by atoms with Crippen LogP contribution in [0.25, 0.3) is 0 Å². The summed E-state index contributed by atoms with van der Waals surface area (Å²) in [5, 5.41) is 6.49. The minimum Gasteiger partial charge on any atom is -0.360 e. The summed E-state index contributed by atoms with van der Waals surface area (Å²) < 4.78 is 4.94. The maximum absolute atomic E-state index is 12.5. The van der Waals surface area contributed by atoms with E-state index in [9.17, 15) is 9.59 Å². The third-order valence-electron chi connectivity index (χ3n) is 4.60. The van der Waals surface area contributed by atoms with Crippen molar-refractivity contribution < 1.29 is 14.1 Å². The minimum absolute atomic E-state index is 0.0637. The summed E-state index contributed by atoms with van der Waals surface area (Å²) in [4.78, 5) is 30.4. The van der Waals surface area contributed by atoms with Gasteiger partial charge < -0.3 is 14.7 Å². The van der Waals surface area contributed by atoms with E-state index in [2.05, 4.69) is 20.3 Å². The number of aryl methyl sites for hydroxylation is 1. The number of para-hydroxylation sites is 1. The van der Waals surface area contributed by atoms with Crippen molar-refractivity contribution in [1.29, 1.82) is 0 Å². The van der Waals surface area contributed by atoms with Gasteiger partial charge in [-0.05, 0) is 19.1 Å². The van der Waals surface area contributed by atoms with Gasteiger partial charge in [-0.2, -0.15) is 0 Å². The van der Waals surface area contributed by atoms with Crippen molar-refractivity contribution in [1.82, 2.24) is 15.0 Å². The highest BCUT2D eigenvalue weighted by Gasteiger charge is 2.22. The van der Waals surface area contributed by atoms with Gasteiger partial charge in [-0.15, -0.1) is 0 Å². The van der Waals surface area contributed by atoms with Crippen LogP contribution >= 0.6 is 0 Å². The van der Waals surface area contributed by atoms with Crippen LogP contribution in [0.1, 0.15) is 5.76 Å². The summed E-state index contributed by atoms with van der Waals surface area (Å²) in [5.74, 6) is 1.04. The minimum atomic E-state index is -0.114. The fourth-order valence-electron chi connectivity index (χ4n) is 3.01. The maximum atomic E-state index is 12.5. The molecule has 1 aliphatic heterocycles. The van der Waals surface area contributed by atoms with Crippen LogP contribution in [-0.2, 0) is 9.59 Å². The Bertz CT molecular complexity index is 769. The molecule has 0 atom stereocenters. The number of nitrogens with one attached hydrogen (secondary N) is 1. The van der Waals surface area contributed by atoms with Crippen molar-refractivity contribution >= 4 is 23.3 Å². The van der Waals surface area contributed by atoms with Crippen LogP contribution in [0.2, 0.25) is 0 Å². The SMILES string of the molecule is Cc1cc(NC(=O)CN2CCN(CC(=O)N(C)c3ccccc3)CC2)no1. The second-order valence-electron chi connectivity index (χ2n) is 6.71. The number of amides is 2. The lowest BCUT2D eigenvalue weighted by Crippen LogP contribution is -2.51. The summed E-state index contributed by atoms with van der Waals surface area (Å²) in [5.41, 5.74) is 0.890. The molecular formula is C19H25N5O3. The predicted octanol–water partition coefficient (Wildman–Crippen LogP) is 1.20. The first-order chi connectivity index (χ1) is 13.0. The van der Waals surface area contributed by atoms with Crippen LogP contribution in [0.15, 0.2) is 40.9 Å². The average molecular weight is 371 g/mol. The van der Waals surface area contributed by atoms with Crippen LogP contribution < -0.4 is 10.2 Å². The third kappa shape index (κ3) is 5.38. The largest absolute Gasteiger partial charge is 0.360 e. The summed E-state index contributed by atoms with van der Waals surface area (Å²) in [6, 6.07) is 11.3. The number of carbonyl (C=O) groups is 2. The van der Waals surface area contributed by atoms with Crippen LogP contribution in [-0.4, -0.2) is 73.1 Å². The van der Waals surface area contributed by atoms with E-state index in [0.29, 0.717) is 24.7 Å². The molecule has 1 saturated heterocycles. The van der Waals surface area contributed by atoms with E-state index in [1.54, 1.807) is 24.9 Å². The smallest absolute Gasteiger partial charge is 0.240 e. The lowest BCUT2D eigenvalue weighted by atomic mass is 10.2. The van der Waals surface area contributed by atoms with E-state index in [1.807, 2.05) is 30.3 Å². The lowest BCUT2D eigenvalue weighted by molar-refractivity contribution is -0.121. The number of nitrogens with zero attached hydrogens (tertiary/aromatic N) is 4. The normalized spacial score (nSPS) is 15.5. The van der Waals surface area contributed by atoms with Crippen molar-refractivity contribution in [3.05, 3.63) is 42.2 Å². The summed E-state index contributed by atoms with van der Waals surface area (Å²) >= 11 is 0. The standard InChI is InChI=1S/C19H25N5O3/c1-15-12-17(21-27-15)20-18(25)13-23-8-10-24(11-9-23)14-19(26)22(2)16-6-4-3-5-7-16/h3-7,12H,8-11,13-14H2,1-2H3,(H,20,21,25). The Kier molecular flexibility index (Phi) is 6.20. The van der Waals surface area contributed by atoms with Crippen LogP contribution in [0, 0.1) is 6.92 Å². The topological polar surface area (TPSA) is 81.9 Å². The van der Waals surface area contributed by atoms with Crippen molar-refractivity contribution in [2.75, 3.05) is 56.5 Å². The van der Waals surface area contributed by atoms with Crippen LogP contribution in [0.4, 0.5) is 11.5 Å². The first-order valence-electron chi connectivity index (χ1n) is 9.01. The first kappa shape index (κ1) is 19.1. The monoisotopic (exact) mass is 371 g/mol. The van der Waals surface area contributed by atoms with E-state index in [0.717, 1.165) is 31.9 Å². The molecule has 1 aromatic carbocycles. The quantitative estimate of drug-likeness (QED) is 0.822. The predicted molar refractivity (Wildman–Crippen MR) is 103 cm³/mol. The van der Waals surface area contributed by atoms with E-state index in [-0.39, 0.29) is 11.8 Å². The molecule has 1 N–H and O–H groups in total. The highest BCUT2D eigenvalue weighted by Crippen LogP contribution is 2.12. The molecule has 3 rings (SSSR count). The molecule has 0 aliphatic carbocycles. The van der Waals surface area contributed by atoms with Crippen molar-refractivity contribution in [2.24, 2.45) is 0 Å². The summed E-state index contributed by atoms with van der Waals surface area (Å²) in [6.07, 6.45) is 0. The van der Waals surface area contributed by atoms with Gasteiger partial charge in [0.1, 0.15) is 5.76 Å². The van der Waals surface area contributed by atoms with Gasteiger partial charge in [-0.3, -0.25) is 19.4 Å².